The van der Waals surface area contributed by atoms with E-state index in [1.54, 1.807) is 0 Å². The molecule has 4 nitrogen and oxygen atoms in total. The number of ether oxygens (including phenoxy) is 2. The SMILES string of the molecule is CCOc1ccc([C@@H](C)NC(=S)Nc2cccc(Cl)c2)cc1OCC. The molecule has 0 radical (unpaired) electrons. The topological polar surface area (TPSA) is 42.5 Å². The second kappa shape index (κ2) is 9.49. The van der Waals surface area contributed by atoms with E-state index < -0.39 is 0 Å². The van der Waals surface area contributed by atoms with E-state index in [9.17, 15) is 0 Å². The van der Waals surface area contributed by atoms with Gasteiger partial charge in [0, 0.05) is 10.7 Å². The van der Waals surface area contributed by atoms with Gasteiger partial charge in [-0.2, -0.15) is 0 Å². The van der Waals surface area contributed by atoms with Crippen LogP contribution in [0.5, 0.6) is 11.5 Å². The second-order valence-corrected chi connectivity index (χ2v) is 6.25. The molecule has 0 heterocycles. The predicted molar refractivity (Wildman–Crippen MR) is 108 cm³/mol. The van der Waals surface area contributed by atoms with Gasteiger partial charge in [0.05, 0.1) is 19.3 Å². The van der Waals surface area contributed by atoms with Crippen LogP contribution in [0.2, 0.25) is 5.02 Å². The molecular weight excluding hydrogens is 356 g/mol. The zero-order valence-electron chi connectivity index (χ0n) is 14.6. The van der Waals surface area contributed by atoms with Gasteiger partial charge in [0.25, 0.3) is 0 Å². The van der Waals surface area contributed by atoms with Crippen molar-refractivity contribution in [2.45, 2.75) is 26.8 Å². The molecule has 6 heteroatoms. The van der Waals surface area contributed by atoms with E-state index >= 15 is 0 Å². The molecule has 0 saturated heterocycles. The molecular formula is C19H23ClN2O2S. The monoisotopic (exact) mass is 378 g/mol. The van der Waals surface area contributed by atoms with Crippen LogP contribution >= 0.6 is 23.8 Å². The molecule has 0 aliphatic rings. The van der Waals surface area contributed by atoms with Gasteiger partial charge in [0.2, 0.25) is 0 Å². The van der Waals surface area contributed by atoms with Crippen molar-refractivity contribution in [3.8, 4) is 11.5 Å². The molecule has 2 aromatic carbocycles. The molecule has 134 valence electrons. The predicted octanol–water partition coefficient (Wildman–Crippen LogP) is 5.19. The smallest absolute Gasteiger partial charge is 0.171 e. The van der Waals surface area contributed by atoms with Crippen LogP contribution in [0.25, 0.3) is 0 Å². The average molecular weight is 379 g/mol. The Hall–Kier alpha value is -1.98. The van der Waals surface area contributed by atoms with Crippen LogP contribution in [-0.2, 0) is 0 Å². The van der Waals surface area contributed by atoms with E-state index in [0.29, 0.717) is 23.3 Å². The average Bonchev–Trinajstić information content (AvgIpc) is 2.56. The van der Waals surface area contributed by atoms with E-state index in [1.807, 2.05) is 63.2 Å². The van der Waals surface area contributed by atoms with Crippen molar-refractivity contribution < 1.29 is 9.47 Å². The summed E-state index contributed by atoms with van der Waals surface area (Å²) in [6, 6.07) is 13.3. The second-order valence-electron chi connectivity index (χ2n) is 5.40. The largest absolute Gasteiger partial charge is 0.490 e. The van der Waals surface area contributed by atoms with Gasteiger partial charge in [0.1, 0.15) is 0 Å². The minimum absolute atomic E-state index is 0.00840. The molecule has 0 unspecified atom stereocenters. The van der Waals surface area contributed by atoms with Crippen LogP contribution in [0.15, 0.2) is 42.5 Å². The van der Waals surface area contributed by atoms with Gasteiger partial charge in [-0.15, -0.1) is 0 Å². The van der Waals surface area contributed by atoms with Crippen molar-refractivity contribution in [1.29, 1.82) is 0 Å². The molecule has 0 aliphatic heterocycles. The molecule has 0 aliphatic carbocycles. The Bertz CT molecular complexity index is 724. The molecule has 2 rings (SSSR count). The molecule has 2 N–H and O–H groups in total. The number of nitrogens with one attached hydrogen (secondary N) is 2. The van der Waals surface area contributed by atoms with Crippen molar-refractivity contribution >= 4 is 34.6 Å². The quantitative estimate of drug-likeness (QED) is 0.649. The fourth-order valence-electron chi connectivity index (χ4n) is 2.35. The highest BCUT2D eigenvalue weighted by atomic mass is 35.5. The highest BCUT2D eigenvalue weighted by molar-refractivity contribution is 7.80. The molecule has 1 atom stereocenters. The summed E-state index contributed by atoms with van der Waals surface area (Å²) >= 11 is 11.4. The van der Waals surface area contributed by atoms with Crippen molar-refractivity contribution in [1.82, 2.24) is 5.32 Å². The van der Waals surface area contributed by atoms with Gasteiger partial charge in [0.15, 0.2) is 16.6 Å². The van der Waals surface area contributed by atoms with Gasteiger partial charge in [-0.3, -0.25) is 0 Å². The first kappa shape index (κ1) is 19.3. The molecule has 0 bridgehead atoms. The first-order valence-electron chi connectivity index (χ1n) is 8.26. The number of halogens is 1. The van der Waals surface area contributed by atoms with E-state index in [1.165, 1.54) is 0 Å². The molecule has 25 heavy (non-hydrogen) atoms. The lowest BCUT2D eigenvalue weighted by Crippen LogP contribution is -2.30. The Kier molecular flexibility index (Phi) is 7.34. The van der Waals surface area contributed by atoms with Crippen LogP contribution in [0.1, 0.15) is 32.4 Å². The Labute approximate surface area is 159 Å². The zero-order valence-corrected chi connectivity index (χ0v) is 16.2. The maximum absolute atomic E-state index is 5.99. The summed E-state index contributed by atoms with van der Waals surface area (Å²) in [4.78, 5) is 0. The highest BCUT2D eigenvalue weighted by Gasteiger charge is 2.12. The minimum atomic E-state index is 0.00840. The number of benzene rings is 2. The molecule has 0 fully saturated rings. The third-order valence-electron chi connectivity index (χ3n) is 3.50. The third kappa shape index (κ3) is 5.80. The van der Waals surface area contributed by atoms with Crippen molar-refractivity contribution in [3.63, 3.8) is 0 Å². The summed E-state index contributed by atoms with van der Waals surface area (Å²) in [7, 11) is 0. The molecule has 2 aromatic rings. The normalized spacial score (nSPS) is 11.5. The Balaban J connectivity index is 2.05. The van der Waals surface area contributed by atoms with Crippen LogP contribution in [0.4, 0.5) is 5.69 Å². The van der Waals surface area contributed by atoms with E-state index in [-0.39, 0.29) is 6.04 Å². The van der Waals surface area contributed by atoms with Gasteiger partial charge >= 0.3 is 0 Å². The molecule has 0 spiro atoms. The Morgan fingerprint density at radius 1 is 1.08 bits per heavy atom. The minimum Gasteiger partial charge on any atom is -0.490 e. The van der Waals surface area contributed by atoms with Crippen molar-refractivity contribution in [2.24, 2.45) is 0 Å². The van der Waals surface area contributed by atoms with Gasteiger partial charge in [-0.1, -0.05) is 23.7 Å². The lowest BCUT2D eigenvalue weighted by atomic mass is 10.1. The summed E-state index contributed by atoms with van der Waals surface area (Å²) in [6.07, 6.45) is 0. The number of hydrogen-bond acceptors (Lipinski definition) is 3. The molecule has 0 saturated carbocycles. The maximum Gasteiger partial charge on any atom is 0.171 e. The fourth-order valence-corrected chi connectivity index (χ4v) is 2.84. The number of anilines is 1. The summed E-state index contributed by atoms with van der Waals surface area (Å²) in [5, 5.41) is 7.59. The molecule has 0 aromatic heterocycles. The van der Waals surface area contributed by atoms with Crippen molar-refractivity contribution in [3.05, 3.63) is 53.1 Å². The maximum atomic E-state index is 5.99. The van der Waals surface area contributed by atoms with Gasteiger partial charge in [-0.25, -0.2) is 0 Å². The summed E-state index contributed by atoms with van der Waals surface area (Å²) in [5.41, 5.74) is 1.90. The Morgan fingerprint density at radius 2 is 1.80 bits per heavy atom. The first-order valence-corrected chi connectivity index (χ1v) is 9.04. The number of thiocarbonyl (C=S) groups is 1. The van der Waals surface area contributed by atoms with E-state index in [0.717, 1.165) is 22.7 Å². The summed E-state index contributed by atoms with van der Waals surface area (Å²) < 4.78 is 11.3. The van der Waals surface area contributed by atoms with Gasteiger partial charge in [-0.05, 0) is 68.9 Å². The molecule has 0 amide bonds. The van der Waals surface area contributed by atoms with Gasteiger partial charge < -0.3 is 20.1 Å². The highest BCUT2D eigenvalue weighted by Crippen LogP contribution is 2.30. The standard InChI is InChI=1S/C19H23ClN2O2S/c1-4-23-17-10-9-14(11-18(17)24-5-2)13(3)21-19(25)22-16-8-6-7-15(20)12-16/h6-13H,4-5H2,1-3H3,(H2,21,22,25)/t13-/m1/s1. The number of hydrogen-bond donors (Lipinski definition) is 2. The fraction of sp³-hybridized carbons (Fsp3) is 0.316. The van der Waals surface area contributed by atoms with Crippen molar-refractivity contribution in [2.75, 3.05) is 18.5 Å². The van der Waals surface area contributed by atoms with Crippen LogP contribution in [-0.4, -0.2) is 18.3 Å². The lowest BCUT2D eigenvalue weighted by molar-refractivity contribution is 0.287. The van der Waals surface area contributed by atoms with Crippen LogP contribution in [0.3, 0.4) is 0 Å². The third-order valence-corrected chi connectivity index (χ3v) is 3.95. The number of rotatable bonds is 7. The summed E-state index contributed by atoms with van der Waals surface area (Å²) in [5.74, 6) is 1.49. The van der Waals surface area contributed by atoms with E-state index in [4.69, 9.17) is 33.3 Å². The Morgan fingerprint density at radius 3 is 2.48 bits per heavy atom. The lowest BCUT2D eigenvalue weighted by Gasteiger charge is -2.19. The zero-order chi connectivity index (χ0) is 18.2. The summed E-state index contributed by atoms with van der Waals surface area (Å²) in [6.45, 7) is 7.13. The van der Waals surface area contributed by atoms with Crippen LogP contribution in [0, 0.1) is 0 Å². The van der Waals surface area contributed by atoms with Crippen LogP contribution < -0.4 is 20.1 Å². The first-order chi connectivity index (χ1) is 12.0. The van der Waals surface area contributed by atoms with E-state index in [2.05, 4.69) is 10.6 Å².